The molecule has 2 N–H and O–H groups in total. The van der Waals surface area contributed by atoms with E-state index in [0.717, 1.165) is 58.1 Å². The van der Waals surface area contributed by atoms with Crippen molar-refractivity contribution in [2.75, 3.05) is 6.54 Å². The van der Waals surface area contributed by atoms with Crippen molar-refractivity contribution in [2.45, 2.75) is 52.1 Å². The number of carboxylic acids is 1. The third-order valence-electron chi connectivity index (χ3n) is 8.05. The molecule has 1 aliphatic rings. The SMILES string of the molecule is CC(C)(C)c1ccc(COc2ccccc2/C=C/C(CCc2ccc(C3=NCC(=S)N3)cc2)Cc2ccc(C(=O)O)cc2)cc1. The van der Waals surface area contributed by atoms with Gasteiger partial charge in [-0.3, -0.25) is 4.99 Å². The van der Waals surface area contributed by atoms with Crippen LogP contribution in [-0.2, 0) is 24.9 Å². The zero-order chi connectivity index (χ0) is 31.8. The molecule has 230 valence electrons. The number of allylic oxidation sites excluding steroid dienone is 1. The Kier molecular flexibility index (Phi) is 10.3. The summed E-state index contributed by atoms with van der Waals surface area (Å²) in [6.45, 7) is 7.70. The number of aliphatic imine (C=N–C) groups is 1. The predicted octanol–water partition coefficient (Wildman–Crippen LogP) is 8.44. The lowest BCUT2D eigenvalue weighted by atomic mass is 9.87. The highest BCUT2D eigenvalue weighted by Crippen LogP contribution is 2.26. The summed E-state index contributed by atoms with van der Waals surface area (Å²) in [5.41, 5.74) is 7.28. The minimum absolute atomic E-state index is 0.117. The van der Waals surface area contributed by atoms with Gasteiger partial charge in [0.05, 0.1) is 12.1 Å². The Morgan fingerprint density at radius 3 is 2.24 bits per heavy atom. The Hall–Kier alpha value is -4.55. The molecule has 0 bridgehead atoms. The quantitative estimate of drug-likeness (QED) is 0.156. The van der Waals surface area contributed by atoms with Crippen molar-refractivity contribution >= 4 is 35.1 Å². The van der Waals surface area contributed by atoms with E-state index in [1.54, 1.807) is 12.1 Å². The molecule has 0 saturated carbocycles. The first kappa shape index (κ1) is 31.9. The molecule has 1 atom stereocenters. The summed E-state index contributed by atoms with van der Waals surface area (Å²) < 4.78 is 6.29. The minimum Gasteiger partial charge on any atom is -0.488 e. The number of nitrogens with one attached hydrogen (secondary N) is 1. The minimum atomic E-state index is -0.913. The molecular formula is C39H40N2O3S. The van der Waals surface area contributed by atoms with Crippen molar-refractivity contribution < 1.29 is 14.6 Å². The van der Waals surface area contributed by atoms with Crippen LogP contribution in [-0.4, -0.2) is 28.4 Å². The lowest BCUT2D eigenvalue weighted by Gasteiger charge is -2.19. The number of para-hydroxylation sites is 1. The van der Waals surface area contributed by atoms with E-state index in [1.165, 1.54) is 11.1 Å². The average molecular weight is 617 g/mol. The number of aryl methyl sites for hydroxylation is 1. The van der Waals surface area contributed by atoms with Crippen molar-refractivity contribution in [1.29, 1.82) is 0 Å². The molecular weight excluding hydrogens is 577 g/mol. The van der Waals surface area contributed by atoms with Crippen LogP contribution in [0.4, 0.5) is 0 Å². The number of nitrogens with zero attached hydrogens (tertiary/aromatic N) is 1. The van der Waals surface area contributed by atoms with Crippen LogP contribution in [0, 0.1) is 5.92 Å². The number of aromatic carboxylic acids is 1. The average Bonchev–Trinajstić information content (AvgIpc) is 3.48. The number of ether oxygens (including phenoxy) is 1. The van der Waals surface area contributed by atoms with Crippen LogP contribution in [0.2, 0.25) is 0 Å². The Balaban J connectivity index is 1.29. The highest BCUT2D eigenvalue weighted by Gasteiger charge is 2.14. The van der Waals surface area contributed by atoms with Gasteiger partial charge in [0.2, 0.25) is 0 Å². The van der Waals surface area contributed by atoms with E-state index in [-0.39, 0.29) is 11.3 Å². The van der Waals surface area contributed by atoms with Crippen LogP contribution < -0.4 is 10.1 Å². The molecule has 0 aromatic heterocycles. The van der Waals surface area contributed by atoms with E-state index in [9.17, 15) is 9.90 Å². The Morgan fingerprint density at radius 1 is 0.933 bits per heavy atom. The van der Waals surface area contributed by atoms with E-state index >= 15 is 0 Å². The highest BCUT2D eigenvalue weighted by atomic mass is 32.1. The predicted molar refractivity (Wildman–Crippen MR) is 187 cm³/mol. The normalized spacial score (nSPS) is 13.8. The third kappa shape index (κ3) is 8.99. The monoisotopic (exact) mass is 616 g/mol. The van der Waals surface area contributed by atoms with Gasteiger partial charge in [-0.2, -0.15) is 0 Å². The molecule has 45 heavy (non-hydrogen) atoms. The molecule has 0 fully saturated rings. The number of hydrogen-bond donors (Lipinski definition) is 2. The number of amidine groups is 1. The van der Waals surface area contributed by atoms with Gasteiger partial charge < -0.3 is 15.2 Å². The van der Waals surface area contributed by atoms with Crippen LogP contribution in [0.25, 0.3) is 6.08 Å². The second kappa shape index (κ2) is 14.5. The number of carboxylic acid groups (broad SMARTS) is 1. The van der Waals surface area contributed by atoms with Gasteiger partial charge in [0.1, 0.15) is 23.2 Å². The summed E-state index contributed by atoms with van der Waals surface area (Å²) in [6.07, 6.45) is 7.06. The van der Waals surface area contributed by atoms with E-state index < -0.39 is 5.97 Å². The summed E-state index contributed by atoms with van der Waals surface area (Å²) in [5.74, 6) is 0.997. The largest absolute Gasteiger partial charge is 0.488 e. The maximum atomic E-state index is 11.4. The van der Waals surface area contributed by atoms with Crippen LogP contribution >= 0.6 is 12.2 Å². The zero-order valence-electron chi connectivity index (χ0n) is 26.1. The van der Waals surface area contributed by atoms with Crippen molar-refractivity contribution in [2.24, 2.45) is 10.9 Å². The number of rotatable bonds is 12. The van der Waals surface area contributed by atoms with Crippen molar-refractivity contribution in [3.8, 4) is 5.75 Å². The third-order valence-corrected chi connectivity index (χ3v) is 8.28. The molecule has 0 spiro atoms. The fourth-order valence-corrected chi connectivity index (χ4v) is 5.47. The standard InChI is InChI=1S/C39H40N2O3S/c1-39(2,3)34-22-15-30(16-23-34)26-44-35-7-5-4-6-31(35)17-12-28(24-29-13-20-33(21-14-29)38(42)43)9-8-27-10-18-32(19-11-27)37-40-25-36(45)41-37/h4-7,10-23,28H,8-9,24-26H2,1-3H3,(H,42,43)(H,40,41,45)/b17-12+. The van der Waals surface area contributed by atoms with Gasteiger partial charge >= 0.3 is 5.97 Å². The Bertz CT molecular complexity index is 1680. The van der Waals surface area contributed by atoms with Gasteiger partial charge in [-0.05, 0) is 71.0 Å². The van der Waals surface area contributed by atoms with E-state index in [2.05, 4.69) is 97.8 Å². The van der Waals surface area contributed by atoms with E-state index in [1.807, 2.05) is 30.3 Å². The summed E-state index contributed by atoms with van der Waals surface area (Å²) >= 11 is 5.22. The maximum absolute atomic E-state index is 11.4. The van der Waals surface area contributed by atoms with Gasteiger partial charge in [-0.1, -0.05) is 124 Å². The van der Waals surface area contributed by atoms with Gasteiger partial charge in [0.15, 0.2) is 0 Å². The highest BCUT2D eigenvalue weighted by molar-refractivity contribution is 7.80. The number of hydrogen-bond acceptors (Lipinski definition) is 4. The second-order valence-electron chi connectivity index (χ2n) is 12.5. The van der Waals surface area contributed by atoms with Crippen LogP contribution in [0.1, 0.15) is 70.9 Å². The lowest BCUT2D eigenvalue weighted by molar-refractivity contribution is 0.0697. The Morgan fingerprint density at radius 2 is 1.60 bits per heavy atom. The zero-order valence-corrected chi connectivity index (χ0v) is 26.9. The summed E-state index contributed by atoms with van der Waals surface area (Å²) in [7, 11) is 0. The Labute approximate surface area is 271 Å². The molecule has 5 nitrogen and oxygen atoms in total. The smallest absolute Gasteiger partial charge is 0.335 e. The molecule has 6 heteroatoms. The van der Waals surface area contributed by atoms with Gasteiger partial charge in [0, 0.05) is 11.1 Å². The first-order valence-electron chi connectivity index (χ1n) is 15.4. The number of carbonyl (C=O) groups is 1. The summed E-state index contributed by atoms with van der Waals surface area (Å²) in [6, 6.07) is 32.5. The summed E-state index contributed by atoms with van der Waals surface area (Å²) in [4.78, 5) is 16.6. The molecule has 0 aliphatic carbocycles. The molecule has 1 heterocycles. The summed E-state index contributed by atoms with van der Waals surface area (Å²) in [5, 5.41) is 12.5. The van der Waals surface area contributed by atoms with Crippen molar-refractivity contribution in [3.63, 3.8) is 0 Å². The second-order valence-corrected chi connectivity index (χ2v) is 13.0. The lowest BCUT2D eigenvalue weighted by Crippen LogP contribution is -2.23. The van der Waals surface area contributed by atoms with E-state index in [4.69, 9.17) is 17.0 Å². The molecule has 5 rings (SSSR count). The molecule has 1 aliphatic heterocycles. The molecule has 0 radical (unpaired) electrons. The topological polar surface area (TPSA) is 70.9 Å². The fourth-order valence-electron chi connectivity index (χ4n) is 5.31. The molecule has 1 unspecified atom stereocenters. The first-order chi connectivity index (χ1) is 21.6. The molecule has 4 aromatic rings. The van der Waals surface area contributed by atoms with Gasteiger partial charge in [-0.25, -0.2) is 4.79 Å². The van der Waals surface area contributed by atoms with Crippen LogP contribution in [0.15, 0.2) is 108 Å². The number of benzene rings is 4. The van der Waals surface area contributed by atoms with Gasteiger partial charge in [0.25, 0.3) is 0 Å². The maximum Gasteiger partial charge on any atom is 0.335 e. The van der Waals surface area contributed by atoms with Gasteiger partial charge in [-0.15, -0.1) is 0 Å². The molecule has 0 saturated heterocycles. The van der Waals surface area contributed by atoms with Crippen molar-refractivity contribution in [1.82, 2.24) is 5.32 Å². The first-order valence-corrected chi connectivity index (χ1v) is 15.8. The number of thiocarbonyl (C=S) groups is 1. The van der Waals surface area contributed by atoms with Crippen LogP contribution in [0.3, 0.4) is 0 Å². The van der Waals surface area contributed by atoms with E-state index in [0.29, 0.717) is 18.7 Å². The van der Waals surface area contributed by atoms with Crippen LogP contribution in [0.5, 0.6) is 5.75 Å². The molecule has 0 amide bonds. The van der Waals surface area contributed by atoms with Crippen molar-refractivity contribution in [3.05, 3.63) is 142 Å². The molecule has 4 aromatic carbocycles. The fraction of sp³-hybridized carbons (Fsp3) is 0.256.